The van der Waals surface area contributed by atoms with E-state index in [1.807, 2.05) is 0 Å². The highest BCUT2D eigenvalue weighted by Gasteiger charge is 2.31. The molecule has 2 aromatic carbocycles. The number of aromatic nitrogens is 1. The molecule has 0 unspecified atom stereocenters. The summed E-state index contributed by atoms with van der Waals surface area (Å²) < 4.78 is 42.6. The van der Waals surface area contributed by atoms with Gasteiger partial charge in [-0.1, -0.05) is 18.2 Å². The second kappa shape index (κ2) is 5.59. The minimum Gasteiger partial charge on any atom is -0.478 e. The van der Waals surface area contributed by atoms with E-state index in [1.165, 1.54) is 24.4 Å². The molecule has 1 heterocycles. The summed E-state index contributed by atoms with van der Waals surface area (Å²) in [6.45, 7) is 0. The van der Waals surface area contributed by atoms with Gasteiger partial charge in [0.05, 0.1) is 5.56 Å². The summed E-state index contributed by atoms with van der Waals surface area (Å²) >= 11 is 0. The number of aryl methyl sites for hydroxylation is 1. The zero-order chi connectivity index (χ0) is 17.5. The SMILES string of the molecule is Cn1cc(C(=O)O)c2cc(-c3cccc(OC(F)(F)F)c3)ccc21. The predicted octanol–water partition coefficient (Wildman–Crippen LogP) is 4.44. The van der Waals surface area contributed by atoms with Gasteiger partial charge in [0.15, 0.2) is 0 Å². The summed E-state index contributed by atoms with van der Waals surface area (Å²) in [4.78, 5) is 11.3. The van der Waals surface area contributed by atoms with Crippen LogP contribution in [0.2, 0.25) is 0 Å². The number of benzene rings is 2. The molecule has 0 bridgehead atoms. The normalized spacial score (nSPS) is 11.7. The van der Waals surface area contributed by atoms with Crippen molar-refractivity contribution in [3.63, 3.8) is 0 Å². The van der Waals surface area contributed by atoms with E-state index in [4.69, 9.17) is 0 Å². The Morgan fingerprint density at radius 3 is 2.50 bits per heavy atom. The van der Waals surface area contributed by atoms with Crippen LogP contribution in [0.1, 0.15) is 10.4 Å². The molecule has 3 aromatic rings. The zero-order valence-electron chi connectivity index (χ0n) is 12.5. The topological polar surface area (TPSA) is 51.5 Å². The van der Waals surface area contributed by atoms with Crippen LogP contribution in [-0.2, 0) is 7.05 Å². The lowest BCUT2D eigenvalue weighted by Crippen LogP contribution is -2.17. The van der Waals surface area contributed by atoms with Crippen molar-refractivity contribution in [2.24, 2.45) is 7.05 Å². The number of hydrogen-bond donors (Lipinski definition) is 1. The maximum atomic E-state index is 12.3. The first-order chi connectivity index (χ1) is 11.2. The summed E-state index contributed by atoms with van der Waals surface area (Å²) in [5.74, 6) is -1.39. The van der Waals surface area contributed by atoms with Crippen LogP contribution >= 0.6 is 0 Å². The Kier molecular flexibility index (Phi) is 3.71. The number of rotatable bonds is 3. The van der Waals surface area contributed by atoms with Gasteiger partial charge in [-0.3, -0.25) is 0 Å². The van der Waals surface area contributed by atoms with E-state index in [9.17, 15) is 23.1 Å². The maximum Gasteiger partial charge on any atom is 0.573 e. The van der Waals surface area contributed by atoms with Gasteiger partial charge in [0.2, 0.25) is 0 Å². The van der Waals surface area contributed by atoms with Crippen molar-refractivity contribution in [1.29, 1.82) is 0 Å². The van der Waals surface area contributed by atoms with Crippen molar-refractivity contribution in [2.45, 2.75) is 6.36 Å². The summed E-state index contributed by atoms with van der Waals surface area (Å²) in [5, 5.41) is 9.79. The Morgan fingerprint density at radius 2 is 1.83 bits per heavy atom. The Bertz CT molecular complexity index is 928. The van der Waals surface area contributed by atoms with E-state index in [0.29, 0.717) is 16.5 Å². The third-order valence-electron chi connectivity index (χ3n) is 3.62. The molecular weight excluding hydrogens is 323 g/mol. The molecule has 24 heavy (non-hydrogen) atoms. The number of aromatic carboxylic acids is 1. The predicted molar refractivity (Wildman–Crippen MR) is 82.0 cm³/mol. The van der Waals surface area contributed by atoms with E-state index in [1.54, 1.807) is 35.9 Å². The summed E-state index contributed by atoms with van der Waals surface area (Å²) in [6.07, 6.45) is -3.27. The van der Waals surface area contributed by atoms with Crippen molar-refractivity contribution >= 4 is 16.9 Å². The maximum absolute atomic E-state index is 12.3. The van der Waals surface area contributed by atoms with Gasteiger partial charge in [0.25, 0.3) is 0 Å². The van der Waals surface area contributed by atoms with Gasteiger partial charge < -0.3 is 14.4 Å². The molecule has 7 heteroatoms. The van der Waals surface area contributed by atoms with Crippen molar-refractivity contribution in [2.75, 3.05) is 0 Å². The molecule has 4 nitrogen and oxygen atoms in total. The molecule has 3 rings (SSSR count). The molecule has 0 atom stereocenters. The van der Waals surface area contributed by atoms with Crippen LogP contribution in [0, 0.1) is 0 Å². The fourth-order valence-electron chi connectivity index (χ4n) is 2.61. The van der Waals surface area contributed by atoms with Gasteiger partial charge in [0, 0.05) is 24.1 Å². The molecule has 0 fully saturated rings. The number of carboxylic acid groups (broad SMARTS) is 1. The van der Waals surface area contributed by atoms with Gasteiger partial charge in [-0.15, -0.1) is 13.2 Å². The van der Waals surface area contributed by atoms with Crippen molar-refractivity contribution in [3.05, 3.63) is 54.2 Å². The highest BCUT2D eigenvalue weighted by Crippen LogP contribution is 2.31. The quantitative estimate of drug-likeness (QED) is 0.770. The Hall–Kier alpha value is -2.96. The fourth-order valence-corrected chi connectivity index (χ4v) is 2.61. The smallest absolute Gasteiger partial charge is 0.478 e. The number of ether oxygens (including phenoxy) is 1. The van der Waals surface area contributed by atoms with E-state index in [0.717, 1.165) is 5.52 Å². The molecular formula is C17H12F3NO3. The van der Waals surface area contributed by atoms with Crippen LogP contribution in [0.15, 0.2) is 48.7 Å². The average Bonchev–Trinajstić information content (AvgIpc) is 2.83. The molecule has 0 radical (unpaired) electrons. The number of nitrogens with zero attached hydrogens (tertiary/aromatic N) is 1. The minimum atomic E-state index is -4.77. The summed E-state index contributed by atoms with van der Waals surface area (Å²) in [5.41, 5.74) is 1.96. The van der Waals surface area contributed by atoms with Crippen molar-refractivity contribution < 1.29 is 27.8 Å². The molecule has 0 aliphatic rings. The van der Waals surface area contributed by atoms with Gasteiger partial charge in [-0.2, -0.15) is 0 Å². The number of halogens is 3. The largest absolute Gasteiger partial charge is 0.573 e. The first-order valence-electron chi connectivity index (χ1n) is 6.93. The number of hydrogen-bond acceptors (Lipinski definition) is 2. The lowest BCUT2D eigenvalue weighted by Gasteiger charge is -2.10. The zero-order valence-corrected chi connectivity index (χ0v) is 12.5. The number of fused-ring (bicyclic) bond motifs is 1. The van der Waals surface area contributed by atoms with E-state index >= 15 is 0 Å². The lowest BCUT2D eigenvalue weighted by atomic mass is 10.0. The minimum absolute atomic E-state index is 0.136. The lowest BCUT2D eigenvalue weighted by molar-refractivity contribution is -0.274. The molecule has 0 saturated heterocycles. The number of carbonyl (C=O) groups is 1. The summed E-state index contributed by atoms with van der Waals surface area (Å²) in [6, 6.07) is 10.6. The highest BCUT2D eigenvalue weighted by molar-refractivity contribution is 6.04. The Labute approximate surface area is 134 Å². The van der Waals surface area contributed by atoms with Crippen LogP contribution < -0.4 is 4.74 Å². The van der Waals surface area contributed by atoms with Gasteiger partial charge in [-0.25, -0.2) is 4.79 Å². The molecule has 0 aliphatic heterocycles. The number of alkyl halides is 3. The van der Waals surface area contributed by atoms with Gasteiger partial charge in [-0.05, 0) is 35.4 Å². The average molecular weight is 335 g/mol. The third kappa shape index (κ3) is 3.05. The molecule has 0 saturated carbocycles. The Balaban J connectivity index is 2.08. The fraction of sp³-hybridized carbons (Fsp3) is 0.118. The first kappa shape index (κ1) is 15.9. The van der Waals surface area contributed by atoms with Gasteiger partial charge in [0.1, 0.15) is 5.75 Å². The second-order valence-electron chi connectivity index (χ2n) is 5.27. The number of carboxylic acids is 1. The molecule has 1 N–H and O–H groups in total. The van der Waals surface area contributed by atoms with Crippen LogP contribution in [-0.4, -0.2) is 22.0 Å². The monoisotopic (exact) mass is 335 g/mol. The highest BCUT2D eigenvalue weighted by atomic mass is 19.4. The van der Waals surface area contributed by atoms with Crippen molar-refractivity contribution in [3.8, 4) is 16.9 Å². The van der Waals surface area contributed by atoms with E-state index in [-0.39, 0.29) is 11.3 Å². The molecule has 1 aromatic heterocycles. The Morgan fingerprint density at radius 1 is 1.12 bits per heavy atom. The van der Waals surface area contributed by atoms with Crippen LogP contribution in [0.5, 0.6) is 5.75 Å². The molecule has 0 aliphatic carbocycles. The van der Waals surface area contributed by atoms with Crippen LogP contribution in [0.3, 0.4) is 0 Å². The molecule has 0 amide bonds. The molecule has 0 spiro atoms. The van der Waals surface area contributed by atoms with Crippen molar-refractivity contribution in [1.82, 2.24) is 4.57 Å². The van der Waals surface area contributed by atoms with Gasteiger partial charge >= 0.3 is 12.3 Å². The summed E-state index contributed by atoms with van der Waals surface area (Å²) in [7, 11) is 1.73. The van der Waals surface area contributed by atoms with Crippen LogP contribution in [0.4, 0.5) is 13.2 Å². The molecule has 124 valence electrons. The second-order valence-corrected chi connectivity index (χ2v) is 5.27. The van der Waals surface area contributed by atoms with E-state index < -0.39 is 12.3 Å². The standard InChI is InChI=1S/C17H12F3NO3/c1-21-9-14(16(22)23)13-8-11(5-6-15(13)21)10-3-2-4-12(7-10)24-17(18,19)20/h2-9H,1H3,(H,22,23). The van der Waals surface area contributed by atoms with Crippen LogP contribution in [0.25, 0.3) is 22.0 Å². The third-order valence-corrected chi connectivity index (χ3v) is 3.62. The first-order valence-corrected chi connectivity index (χ1v) is 6.93. The van der Waals surface area contributed by atoms with E-state index in [2.05, 4.69) is 4.74 Å².